The molecule has 160 valence electrons. The van der Waals surface area contributed by atoms with Crippen LogP contribution in [0.3, 0.4) is 0 Å². The maximum Gasteiger partial charge on any atom is 0.405 e. The van der Waals surface area contributed by atoms with Gasteiger partial charge in [0.2, 0.25) is 5.91 Å². The molecule has 3 N–H and O–H groups in total. The smallest absolute Gasteiger partial charge is 0.356 e. The molecule has 0 radical (unpaired) electrons. The molecule has 0 aliphatic rings. The zero-order chi connectivity index (χ0) is 22.1. The summed E-state index contributed by atoms with van der Waals surface area (Å²) in [5.41, 5.74) is 0.205. The van der Waals surface area contributed by atoms with Gasteiger partial charge >= 0.3 is 6.18 Å². The number of halogens is 4. The van der Waals surface area contributed by atoms with Crippen LogP contribution in [-0.2, 0) is 4.79 Å². The molecule has 3 rings (SSSR count). The number of pyridine rings is 1. The van der Waals surface area contributed by atoms with Crippen molar-refractivity contribution in [3.8, 4) is 11.4 Å². The van der Waals surface area contributed by atoms with Gasteiger partial charge < -0.3 is 15.6 Å². The van der Waals surface area contributed by atoms with E-state index in [9.17, 15) is 22.4 Å². The fourth-order valence-corrected chi connectivity index (χ4v) is 2.80. The van der Waals surface area contributed by atoms with Crippen molar-refractivity contribution in [2.24, 2.45) is 0 Å². The second kappa shape index (κ2) is 7.88. The Morgan fingerprint density at radius 1 is 1.23 bits per heavy atom. The number of nitrogens with one attached hydrogen (secondary N) is 3. The highest BCUT2D eigenvalue weighted by molar-refractivity contribution is 5.92. The van der Waals surface area contributed by atoms with Crippen molar-refractivity contribution in [2.45, 2.75) is 38.9 Å². The predicted molar refractivity (Wildman–Crippen MR) is 103 cm³/mol. The first-order chi connectivity index (χ1) is 14.0. The number of hydrogen-bond acceptors (Lipinski definition) is 5. The van der Waals surface area contributed by atoms with Crippen molar-refractivity contribution in [3.63, 3.8) is 0 Å². The summed E-state index contributed by atoms with van der Waals surface area (Å²) in [6.45, 7) is 3.44. The lowest BCUT2D eigenvalue weighted by Gasteiger charge is -2.29. The number of carbonyl (C=O) groups is 1. The Labute approximate surface area is 169 Å². The number of anilines is 1. The lowest BCUT2D eigenvalue weighted by molar-refractivity contribution is -0.140. The third kappa shape index (κ3) is 4.50. The summed E-state index contributed by atoms with van der Waals surface area (Å²) in [7, 11) is 0. The van der Waals surface area contributed by atoms with Crippen LogP contribution in [0.2, 0.25) is 0 Å². The number of nitrogens with zero attached hydrogens (tertiary/aromatic N) is 3. The van der Waals surface area contributed by atoms with Gasteiger partial charge in [0, 0.05) is 28.9 Å². The second-order valence-corrected chi connectivity index (χ2v) is 7.09. The number of carbonyl (C=O) groups excluding carboxylic acids is 1. The minimum atomic E-state index is -4.51. The Morgan fingerprint density at radius 2 is 1.97 bits per heavy atom. The van der Waals surface area contributed by atoms with Crippen LogP contribution >= 0.6 is 0 Å². The fourth-order valence-electron chi connectivity index (χ4n) is 2.80. The first kappa shape index (κ1) is 21.5. The van der Waals surface area contributed by atoms with E-state index in [1.54, 1.807) is 20.0 Å². The second-order valence-electron chi connectivity index (χ2n) is 7.09. The van der Waals surface area contributed by atoms with Gasteiger partial charge in [-0.15, -0.1) is 0 Å². The van der Waals surface area contributed by atoms with Gasteiger partial charge in [-0.2, -0.15) is 13.2 Å². The molecule has 11 heteroatoms. The Bertz CT molecular complexity index is 1080. The summed E-state index contributed by atoms with van der Waals surface area (Å²) < 4.78 is 51.0. The summed E-state index contributed by atoms with van der Waals surface area (Å²) in [4.78, 5) is 28.0. The quantitative estimate of drug-likeness (QED) is 0.524. The van der Waals surface area contributed by atoms with Crippen molar-refractivity contribution in [2.75, 3.05) is 11.9 Å². The van der Waals surface area contributed by atoms with E-state index in [-0.39, 0.29) is 18.1 Å². The van der Waals surface area contributed by atoms with Crippen LogP contribution in [0.4, 0.5) is 23.4 Å². The van der Waals surface area contributed by atoms with E-state index in [1.165, 1.54) is 19.2 Å². The summed E-state index contributed by atoms with van der Waals surface area (Å²) in [6, 6.07) is 1.30. The Morgan fingerprint density at radius 3 is 2.63 bits per heavy atom. The van der Waals surface area contributed by atoms with Crippen LogP contribution in [0.1, 0.15) is 25.8 Å². The van der Waals surface area contributed by atoms with Crippen LogP contribution < -0.4 is 10.6 Å². The van der Waals surface area contributed by atoms with E-state index in [4.69, 9.17) is 0 Å². The molecule has 7 nitrogen and oxygen atoms in total. The largest absolute Gasteiger partial charge is 0.405 e. The number of aromatic nitrogens is 4. The highest BCUT2D eigenvalue weighted by Crippen LogP contribution is 2.28. The molecule has 0 saturated carbocycles. The topological polar surface area (TPSA) is 95.6 Å². The maximum absolute atomic E-state index is 13.6. The van der Waals surface area contributed by atoms with E-state index >= 15 is 0 Å². The number of aromatic amines is 1. The fraction of sp³-hybridized carbons (Fsp3) is 0.368. The van der Waals surface area contributed by atoms with Gasteiger partial charge in [-0.3, -0.25) is 4.79 Å². The van der Waals surface area contributed by atoms with Gasteiger partial charge in [-0.05, 0) is 26.3 Å². The predicted octanol–water partition coefficient (Wildman–Crippen LogP) is 3.73. The van der Waals surface area contributed by atoms with Crippen LogP contribution in [0, 0.1) is 12.7 Å². The third-order valence-corrected chi connectivity index (χ3v) is 4.76. The van der Waals surface area contributed by atoms with Crippen molar-refractivity contribution >= 4 is 22.8 Å². The van der Waals surface area contributed by atoms with Crippen molar-refractivity contribution in [1.82, 2.24) is 25.3 Å². The van der Waals surface area contributed by atoms with Gasteiger partial charge in [0.05, 0.1) is 6.20 Å². The van der Waals surface area contributed by atoms with Crippen LogP contribution in [0.15, 0.2) is 24.7 Å². The van der Waals surface area contributed by atoms with E-state index in [1.807, 2.05) is 5.32 Å². The standard InChI is InChI=1S/C19H20F4N6O/c1-4-18(3,17(30)27-9-19(21,22)23)29-14-10(2)6-24-16(28-14)13-8-26-15-12(13)5-11(20)7-25-15/h5-8H,4,9H2,1-3H3,(H,25,26)(H,27,30)(H,24,28,29). The van der Waals surface area contributed by atoms with Crippen LogP contribution in [0.5, 0.6) is 0 Å². The number of amides is 1. The summed E-state index contributed by atoms with van der Waals surface area (Å²) >= 11 is 0. The molecule has 1 amide bonds. The molecule has 0 aliphatic heterocycles. The van der Waals surface area contributed by atoms with Gasteiger partial charge in [-0.25, -0.2) is 19.3 Å². The van der Waals surface area contributed by atoms with Crippen molar-refractivity contribution in [1.29, 1.82) is 0 Å². The zero-order valence-corrected chi connectivity index (χ0v) is 16.5. The molecule has 0 saturated heterocycles. The van der Waals surface area contributed by atoms with Crippen molar-refractivity contribution in [3.05, 3.63) is 36.0 Å². The molecule has 1 atom stereocenters. The minimum absolute atomic E-state index is 0.206. The average molecular weight is 424 g/mol. The molecular formula is C19H20F4N6O. The van der Waals surface area contributed by atoms with Crippen LogP contribution in [0.25, 0.3) is 22.4 Å². The molecule has 3 aromatic heterocycles. The van der Waals surface area contributed by atoms with Gasteiger partial charge in [0.25, 0.3) is 0 Å². The molecular weight excluding hydrogens is 404 g/mol. The number of fused-ring (bicyclic) bond motifs is 1. The summed E-state index contributed by atoms with van der Waals surface area (Å²) in [6.07, 6.45) is -0.128. The third-order valence-electron chi connectivity index (χ3n) is 4.76. The molecule has 3 aromatic rings. The minimum Gasteiger partial charge on any atom is -0.356 e. The van der Waals surface area contributed by atoms with Crippen molar-refractivity contribution < 1.29 is 22.4 Å². The molecule has 0 spiro atoms. The Balaban J connectivity index is 1.92. The highest BCUT2D eigenvalue weighted by Gasteiger charge is 2.35. The van der Waals surface area contributed by atoms with E-state index < -0.39 is 30.0 Å². The SMILES string of the molecule is CCC(C)(Nc1nc(-c2c[nH]c3ncc(F)cc23)ncc1C)C(=O)NCC(F)(F)F. The molecule has 0 aromatic carbocycles. The Hall–Kier alpha value is -3.24. The Kier molecular flexibility index (Phi) is 5.64. The molecule has 0 aliphatic carbocycles. The van der Waals surface area contributed by atoms with E-state index in [0.717, 1.165) is 6.20 Å². The molecule has 3 heterocycles. The van der Waals surface area contributed by atoms with Gasteiger partial charge in [0.15, 0.2) is 5.82 Å². The molecule has 0 fully saturated rings. The average Bonchev–Trinajstić information content (AvgIpc) is 3.10. The first-order valence-corrected chi connectivity index (χ1v) is 9.12. The summed E-state index contributed by atoms with van der Waals surface area (Å²) in [5, 5.41) is 5.32. The molecule has 1 unspecified atom stereocenters. The number of H-pyrrole nitrogens is 1. The molecule has 0 bridgehead atoms. The van der Waals surface area contributed by atoms with Gasteiger partial charge in [0.1, 0.15) is 29.4 Å². The lowest BCUT2D eigenvalue weighted by Crippen LogP contribution is -2.52. The monoisotopic (exact) mass is 424 g/mol. The number of aryl methyl sites for hydroxylation is 1. The lowest BCUT2D eigenvalue weighted by atomic mass is 9.97. The number of hydrogen-bond donors (Lipinski definition) is 3. The number of alkyl halides is 3. The van der Waals surface area contributed by atoms with Gasteiger partial charge in [-0.1, -0.05) is 6.92 Å². The van der Waals surface area contributed by atoms with Crippen LogP contribution in [-0.4, -0.2) is 44.1 Å². The maximum atomic E-state index is 13.6. The first-order valence-electron chi connectivity index (χ1n) is 9.12. The summed E-state index contributed by atoms with van der Waals surface area (Å²) in [5.74, 6) is -0.796. The highest BCUT2D eigenvalue weighted by atomic mass is 19.4. The molecule has 30 heavy (non-hydrogen) atoms. The zero-order valence-electron chi connectivity index (χ0n) is 16.5. The normalized spacial score (nSPS) is 13.8. The number of rotatable bonds is 6. The van der Waals surface area contributed by atoms with E-state index in [0.29, 0.717) is 22.2 Å². The van der Waals surface area contributed by atoms with E-state index in [2.05, 4.69) is 25.3 Å².